The number of aryl methyl sites for hydroxylation is 1. The zero-order valence-corrected chi connectivity index (χ0v) is 11.0. The van der Waals surface area contributed by atoms with Crippen molar-refractivity contribution in [2.75, 3.05) is 7.11 Å². The van der Waals surface area contributed by atoms with Crippen LogP contribution in [0.1, 0.15) is 18.9 Å². The highest BCUT2D eigenvalue weighted by atomic mass is 32.2. The van der Waals surface area contributed by atoms with Crippen LogP contribution in [0, 0.1) is 6.92 Å². The molecule has 0 bridgehead atoms. The van der Waals surface area contributed by atoms with Gasteiger partial charge in [0.25, 0.3) is 0 Å². The van der Waals surface area contributed by atoms with Crippen LogP contribution in [0.3, 0.4) is 0 Å². The number of hydrogen-bond donors (Lipinski definition) is 0. The molecule has 0 aliphatic rings. The van der Waals surface area contributed by atoms with Gasteiger partial charge in [-0.05, 0) is 31.5 Å². The molecule has 0 aliphatic heterocycles. The zero-order chi connectivity index (χ0) is 13.1. The summed E-state index contributed by atoms with van der Waals surface area (Å²) in [6.07, 6.45) is -0.132. The number of carbonyl (C=O) groups excluding carboxylic acids is 1. The molecular weight excluding hydrogens is 240 g/mol. The third kappa shape index (κ3) is 3.30. The molecule has 0 saturated carbocycles. The van der Waals surface area contributed by atoms with Crippen LogP contribution in [0.4, 0.5) is 0 Å². The summed E-state index contributed by atoms with van der Waals surface area (Å²) in [5.41, 5.74) is 0.872. The van der Waals surface area contributed by atoms with E-state index in [1.807, 2.05) is 13.0 Å². The fourth-order valence-corrected chi connectivity index (χ4v) is 2.89. The van der Waals surface area contributed by atoms with Crippen molar-refractivity contribution in [2.45, 2.75) is 30.4 Å². The van der Waals surface area contributed by atoms with E-state index < -0.39 is 21.1 Å². The van der Waals surface area contributed by atoms with Crippen LogP contribution in [0.5, 0.6) is 0 Å². The molecule has 17 heavy (non-hydrogen) atoms. The summed E-state index contributed by atoms with van der Waals surface area (Å²) < 4.78 is 28.7. The normalized spacial score (nSPS) is 13.1. The second-order valence-electron chi connectivity index (χ2n) is 3.95. The Labute approximate surface area is 102 Å². The Hall–Kier alpha value is -1.36. The number of hydrogen-bond acceptors (Lipinski definition) is 4. The molecule has 0 aliphatic carbocycles. The summed E-state index contributed by atoms with van der Waals surface area (Å²) in [6, 6.07) is 6.65. The minimum atomic E-state index is -3.47. The summed E-state index contributed by atoms with van der Waals surface area (Å²) in [5, 5.41) is -0.781. The van der Waals surface area contributed by atoms with Gasteiger partial charge in [-0.2, -0.15) is 0 Å². The highest BCUT2D eigenvalue weighted by molar-refractivity contribution is 7.92. The second-order valence-corrected chi connectivity index (χ2v) is 6.32. The molecule has 0 amide bonds. The van der Waals surface area contributed by atoms with Gasteiger partial charge in [0.15, 0.2) is 9.84 Å². The van der Waals surface area contributed by atoms with Crippen LogP contribution in [-0.2, 0) is 19.4 Å². The van der Waals surface area contributed by atoms with Gasteiger partial charge >= 0.3 is 5.97 Å². The standard InChI is InChI=1S/C12H16O4S/c1-9-5-4-6-11(7-9)17(14,15)10(2)8-12(13)16-3/h4-7,10H,8H2,1-3H3. The maximum Gasteiger partial charge on any atom is 0.306 e. The van der Waals surface area contributed by atoms with Crippen molar-refractivity contribution >= 4 is 15.8 Å². The Morgan fingerprint density at radius 2 is 2.06 bits per heavy atom. The van der Waals surface area contributed by atoms with Crippen LogP contribution in [-0.4, -0.2) is 26.7 Å². The minimum Gasteiger partial charge on any atom is -0.469 e. The lowest BCUT2D eigenvalue weighted by Gasteiger charge is -2.12. The number of carbonyl (C=O) groups is 1. The molecule has 0 spiro atoms. The monoisotopic (exact) mass is 256 g/mol. The molecule has 1 rings (SSSR count). The van der Waals surface area contributed by atoms with Crippen molar-refractivity contribution in [3.63, 3.8) is 0 Å². The zero-order valence-electron chi connectivity index (χ0n) is 10.1. The van der Waals surface area contributed by atoms with E-state index in [1.54, 1.807) is 12.1 Å². The third-order valence-electron chi connectivity index (χ3n) is 2.53. The smallest absolute Gasteiger partial charge is 0.306 e. The van der Waals surface area contributed by atoms with E-state index in [-0.39, 0.29) is 11.3 Å². The molecule has 1 aromatic carbocycles. The van der Waals surface area contributed by atoms with Gasteiger partial charge in [-0.25, -0.2) is 8.42 Å². The molecule has 1 unspecified atom stereocenters. The van der Waals surface area contributed by atoms with Gasteiger partial charge < -0.3 is 4.74 Å². The summed E-state index contributed by atoms with van der Waals surface area (Å²) >= 11 is 0. The van der Waals surface area contributed by atoms with E-state index in [0.29, 0.717) is 0 Å². The number of esters is 1. The highest BCUT2D eigenvalue weighted by Gasteiger charge is 2.25. The maximum atomic E-state index is 12.1. The van der Waals surface area contributed by atoms with E-state index in [9.17, 15) is 13.2 Å². The van der Waals surface area contributed by atoms with Crippen LogP contribution in [0.25, 0.3) is 0 Å². The van der Waals surface area contributed by atoms with Crippen LogP contribution in [0.15, 0.2) is 29.2 Å². The Bertz CT molecular complexity index is 505. The number of benzene rings is 1. The molecule has 1 aromatic rings. The Balaban J connectivity index is 2.99. The molecule has 5 heteroatoms. The maximum absolute atomic E-state index is 12.1. The first kappa shape index (κ1) is 13.7. The van der Waals surface area contributed by atoms with Gasteiger partial charge in [-0.1, -0.05) is 12.1 Å². The Kier molecular flexibility index (Phi) is 4.28. The van der Waals surface area contributed by atoms with Crippen molar-refractivity contribution in [1.29, 1.82) is 0 Å². The van der Waals surface area contributed by atoms with Gasteiger partial charge in [0, 0.05) is 0 Å². The third-order valence-corrected chi connectivity index (χ3v) is 4.67. The first-order chi connectivity index (χ1) is 7.87. The number of methoxy groups -OCH3 is 1. The van der Waals surface area contributed by atoms with E-state index >= 15 is 0 Å². The van der Waals surface area contributed by atoms with Gasteiger partial charge in [0.2, 0.25) is 0 Å². The molecule has 0 fully saturated rings. The summed E-state index contributed by atoms with van der Waals surface area (Å²) in [5.74, 6) is -0.520. The van der Waals surface area contributed by atoms with E-state index in [0.717, 1.165) is 5.56 Å². The van der Waals surface area contributed by atoms with Crippen LogP contribution >= 0.6 is 0 Å². The van der Waals surface area contributed by atoms with Gasteiger partial charge in [0.05, 0.1) is 23.7 Å². The minimum absolute atomic E-state index is 0.132. The molecule has 0 aromatic heterocycles. The average Bonchev–Trinajstić information content (AvgIpc) is 2.28. The van der Waals surface area contributed by atoms with E-state index in [1.165, 1.54) is 20.1 Å². The van der Waals surface area contributed by atoms with Crippen molar-refractivity contribution < 1.29 is 17.9 Å². The summed E-state index contributed by atoms with van der Waals surface area (Å²) in [7, 11) is -2.22. The Morgan fingerprint density at radius 3 is 2.59 bits per heavy atom. The number of rotatable bonds is 4. The Morgan fingerprint density at radius 1 is 1.41 bits per heavy atom. The fraction of sp³-hybridized carbons (Fsp3) is 0.417. The molecule has 94 valence electrons. The molecule has 0 N–H and O–H groups in total. The largest absolute Gasteiger partial charge is 0.469 e. The quantitative estimate of drug-likeness (QED) is 0.770. The van der Waals surface area contributed by atoms with E-state index in [4.69, 9.17) is 0 Å². The number of ether oxygens (including phenoxy) is 1. The predicted molar refractivity (Wildman–Crippen MR) is 64.5 cm³/mol. The van der Waals surface area contributed by atoms with Crippen molar-refractivity contribution in [3.05, 3.63) is 29.8 Å². The molecule has 4 nitrogen and oxygen atoms in total. The van der Waals surface area contributed by atoms with Gasteiger partial charge in [0.1, 0.15) is 0 Å². The molecule has 0 radical (unpaired) electrons. The lowest BCUT2D eigenvalue weighted by molar-refractivity contribution is -0.140. The first-order valence-electron chi connectivity index (χ1n) is 5.25. The van der Waals surface area contributed by atoms with Crippen LogP contribution in [0.2, 0.25) is 0 Å². The molecule has 1 atom stereocenters. The van der Waals surface area contributed by atoms with Crippen molar-refractivity contribution in [3.8, 4) is 0 Å². The summed E-state index contributed by atoms with van der Waals surface area (Å²) in [4.78, 5) is 11.3. The summed E-state index contributed by atoms with van der Waals surface area (Å²) in [6.45, 7) is 3.33. The predicted octanol–water partition coefficient (Wildman–Crippen LogP) is 1.72. The second kappa shape index (κ2) is 5.31. The van der Waals surface area contributed by atoms with E-state index in [2.05, 4.69) is 4.74 Å². The van der Waals surface area contributed by atoms with Gasteiger partial charge in [-0.15, -0.1) is 0 Å². The average molecular weight is 256 g/mol. The lowest BCUT2D eigenvalue weighted by atomic mass is 10.2. The van der Waals surface area contributed by atoms with Crippen molar-refractivity contribution in [2.24, 2.45) is 0 Å². The topological polar surface area (TPSA) is 60.4 Å². The van der Waals surface area contributed by atoms with Gasteiger partial charge in [-0.3, -0.25) is 4.79 Å². The number of sulfone groups is 1. The fourth-order valence-electron chi connectivity index (χ4n) is 1.45. The molecule has 0 heterocycles. The molecule has 0 saturated heterocycles. The lowest BCUT2D eigenvalue weighted by Crippen LogP contribution is -2.22. The van der Waals surface area contributed by atoms with Crippen molar-refractivity contribution in [1.82, 2.24) is 0 Å². The van der Waals surface area contributed by atoms with Crippen LogP contribution < -0.4 is 0 Å². The SMILES string of the molecule is COC(=O)CC(C)S(=O)(=O)c1cccc(C)c1. The molecular formula is C12H16O4S. The highest BCUT2D eigenvalue weighted by Crippen LogP contribution is 2.19. The first-order valence-corrected chi connectivity index (χ1v) is 6.80.